The molecule has 0 amide bonds. The molecule has 0 saturated carbocycles. The van der Waals surface area contributed by atoms with E-state index in [-0.39, 0.29) is 5.78 Å². The van der Waals surface area contributed by atoms with Gasteiger partial charge in [-0.1, -0.05) is 66.7 Å². The van der Waals surface area contributed by atoms with E-state index in [0.717, 1.165) is 44.2 Å². The number of nitriles is 2. The summed E-state index contributed by atoms with van der Waals surface area (Å²) in [6.07, 6.45) is 0. The van der Waals surface area contributed by atoms with Gasteiger partial charge in [0, 0.05) is 22.3 Å². The number of allylic oxidation sites excluding steroid dienone is 4. The lowest BCUT2D eigenvalue weighted by Crippen LogP contribution is -2.03. The van der Waals surface area contributed by atoms with Crippen LogP contribution < -0.4 is 0 Å². The van der Waals surface area contributed by atoms with Crippen molar-refractivity contribution in [3.8, 4) is 12.1 Å². The number of carbonyl (C=O) groups is 1. The van der Waals surface area contributed by atoms with Crippen LogP contribution in [0.4, 0.5) is 0 Å². The molecule has 0 bridgehead atoms. The zero-order valence-electron chi connectivity index (χ0n) is 19.0. The molecule has 0 heterocycles. The summed E-state index contributed by atoms with van der Waals surface area (Å²) in [5.41, 5.74) is 8.01. The summed E-state index contributed by atoms with van der Waals surface area (Å²) in [6, 6.07) is 35.6. The Morgan fingerprint density at radius 1 is 0.528 bits per heavy atom. The predicted octanol–water partition coefficient (Wildman–Crippen LogP) is 7.15. The lowest BCUT2D eigenvalue weighted by atomic mass is 9.91. The van der Waals surface area contributed by atoms with Gasteiger partial charge in [-0.2, -0.15) is 10.5 Å². The SMILES string of the molecule is N#Cc1ccc(C2=C3C(=C(c4ccc(C#N)cc4)C2=O)c2cc4ccccc4c4cccc3c24)cc1. The predicted molar refractivity (Wildman–Crippen MR) is 142 cm³/mol. The molecule has 3 heteroatoms. The van der Waals surface area contributed by atoms with Crippen molar-refractivity contribution in [2.75, 3.05) is 0 Å². The van der Waals surface area contributed by atoms with Crippen LogP contribution in [-0.2, 0) is 4.79 Å². The van der Waals surface area contributed by atoms with Gasteiger partial charge in [0.1, 0.15) is 0 Å². The fourth-order valence-electron chi connectivity index (χ4n) is 5.68. The molecule has 164 valence electrons. The maximum atomic E-state index is 14.2. The third kappa shape index (κ3) is 2.63. The van der Waals surface area contributed by atoms with Crippen LogP contribution in [-0.4, -0.2) is 5.78 Å². The fraction of sp³-hybridized carbons (Fsp3) is 0. The van der Waals surface area contributed by atoms with Gasteiger partial charge in [-0.15, -0.1) is 0 Å². The average Bonchev–Trinajstić information content (AvgIpc) is 3.41. The van der Waals surface area contributed by atoms with E-state index >= 15 is 0 Å². The van der Waals surface area contributed by atoms with Gasteiger partial charge in [0.25, 0.3) is 0 Å². The molecular formula is C33H16N2O. The quantitative estimate of drug-likeness (QED) is 0.265. The third-order valence-corrected chi connectivity index (χ3v) is 7.23. The molecule has 2 aliphatic rings. The van der Waals surface area contributed by atoms with Gasteiger partial charge in [0.15, 0.2) is 5.78 Å². The Hall–Kier alpha value is -5.25. The van der Waals surface area contributed by atoms with Gasteiger partial charge in [0.05, 0.1) is 23.3 Å². The molecule has 0 atom stereocenters. The first-order valence-electron chi connectivity index (χ1n) is 11.7. The minimum Gasteiger partial charge on any atom is -0.289 e. The van der Waals surface area contributed by atoms with Crippen molar-refractivity contribution in [3.63, 3.8) is 0 Å². The minimum atomic E-state index is -0.0368. The molecule has 7 rings (SSSR count). The lowest BCUT2D eigenvalue weighted by Gasteiger charge is -2.11. The van der Waals surface area contributed by atoms with E-state index in [1.165, 1.54) is 10.8 Å². The van der Waals surface area contributed by atoms with Gasteiger partial charge in [0.2, 0.25) is 0 Å². The number of hydrogen-bond acceptors (Lipinski definition) is 3. The first-order chi connectivity index (χ1) is 17.7. The van der Waals surface area contributed by atoms with Gasteiger partial charge < -0.3 is 0 Å². The van der Waals surface area contributed by atoms with Crippen molar-refractivity contribution in [2.45, 2.75) is 0 Å². The van der Waals surface area contributed by atoms with E-state index in [1.807, 2.05) is 30.3 Å². The van der Waals surface area contributed by atoms with E-state index in [1.54, 1.807) is 24.3 Å². The van der Waals surface area contributed by atoms with E-state index in [4.69, 9.17) is 0 Å². The molecule has 0 spiro atoms. The number of rotatable bonds is 2. The van der Waals surface area contributed by atoms with Crippen LogP contribution in [0.25, 0.3) is 43.8 Å². The van der Waals surface area contributed by atoms with Gasteiger partial charge in [-0.3, -0.25) is 4.79 Å². The molecular weight excluding hydrogens is 440 g/mol. The molecule has 5 aromatic carbocycles. The number of hydrogen-bond donors (Lipinski definition) is 0. The number of benzene rings is 5. The van der Waals surface area contributed by atoms with Gasteiger partial charge in [-0.25, -0.2) is 0 Å². The molecule has 0 radical (unpaired) electrons. The summed E-state index contributed by atoms with van der Waals surface area (Å²) < 4.78 is 0. The first-order valence-corrected chi connectivity index (χ1v) is 11.7. The second kappa shape index (κ2) is 7.37. The lowest BCUT2D eigenvalue weighted by molar-refractivity contribution is -0.108. The standard InChI is InChI=1S/C33H16N2O/c34-17-19-8-12-21(13-9-19)28-31-26-7-3-6-25-24-5-2-1-4-23(24)16-27(30(25)26)32(31)29(33(28)36)22-14-10-20(18-35)11-15-22/h1-16H. The Kier molecular flexibility index (Phi) is 4.13. The van der Waals surface area contributed by atoms with E-state index in [0.29, 0.717) is 22.3 Å². The number of ketones is 1. The highest BCUT2D eigenvalue weighted by molar-refractivity contribution is 6.61. The largest absolute Gasteiger partial charge is 0.289 e. The van der Waals surface area contributed by atoms with Crippen LogP contribution in [0, 0.1) is 22.7 Å². The van der Waals surface area contributed by atoms with Crippen LogP contribution in [0.15, 0.2) is 97.1 Å². The maximum absolute atomic E-state index is 14.2. The second-order valence-electron chi connectivity index (χ2n) is 9.08. The monoisotopic (exact) mass is 456 g/mol. The topological polar surface area (TPSA) is 64.7 Å². The van der Waals surface area contributed by atoms with Crippen molar-refractivity contribution >= 4 is 49.6 Å². The highest BCUT2D eigenvalue weighted by Crippen LogP contribution is 2.57. The van der Waals surface area contributed by atoms with E-state index in [2.05, 4.69) is 54.6 Å². The zero-order chi connectivity index (χ0) is 24.4. The van der Waals surface area contributed by atoms with Crippen LogP contribution in [0.3, 0.4) is 0 Å². The maximum Gasteiger partial charge on any atom is 0.195 e. The van der Waals surface area contributed by atoms with Crippen molar-refractivity contribution in [1.29, 1.82) is 10.5 Å². The number of nitrogens with zero attached hydrogens (tertiary/aromatic N) is 2. The van der Waals surface area contributed by atoms with Crippen LogP contribution >= 0.6 is 0 Å². The molecule has 3 nitrogen and oxygen atoms in total. The first kappa shape index (κ1) is 20.2. The average molecular weight is 457 g/mol. The van der Waals surface area contributed by atoms with Gasteiger partial charge >= 0.3 is 0 Å². The van der Waals surface area contributed by atoms with Crippen LogP contribution in [0.5, 0.6) is 0 Å². The fourth-order valence-corrected chi connectivity index (χ4v) is 5.68. The number of carbonyl (C=O) groups excluding carboxylic acids is 1. The molecule has 36 heavy (non-hydrogen) atoms. The summed E-state index contributed by atoms with van der Waals surface area (Å²) >= 11 is 0. The van der Waals surface area contributed by atoms with Crippen molar-refractivity contribution in [1.82, 2.24) is 0 Å². The van der Waals surface area contributed by atoms with E-state index < -0.39 is 0 Å². The summed E-state index contributed by atoms with van der Waals surface area (Å²) in [5, 5.41) is 23.2. The Labute approximate surface area is 207 Å². The van der Waals surface area contributed by atoms with Gasteiger partial charge in [-0.05, 0) is 74.1 Å². The summed E-state index contributed by atoms with van der Waals surface area (Å²) in [7, 11) is 0. The molecule has 0 N–H and O–H groups in total. The number of Topliss-reactive ketones (excluding diaryl/α,β-unsaturated/α-hetero) is 1. The Morgan fingerprint density at radius 3 is 1.69 bits per heavy atom. The molecule has 2 aliphatic carbocycles. The Balaban J connectivity index is 1.61. The van der Waals surface area contributed by atoms with Crippen LogP contribution in [0.1, 0.15) is 33.4 Å². The van der Waals surface area contributed by atoms with Crippen LogP contribution in [0.2, 0.25) is 0 Å². The smallest absolute Gasteiger partial charge is 0.195 e. The highest BCUT2D eigenvalue weighted by Gasteiger charge is 2.40. The Morgan fingerprint density at radius 2 is 1.08 bits per heavy atom. The Bertz CT molecular complexity index is 1940. The van der Waals surface area contributed by atoms with Crippen molar-refractivity contribution in [2.24, 2.45) is 0 Å². The normalized spacial score (nSPS) is 13.9. The molecule has 0 fully saturated rings. The zero-order valence-corrected chi connectivity index (χ0v) is 19.0. The summed E-state index contributed by atoms with van der Waals surface area (Å²) in [6.45, 7) is 0. The minimum absolute atomic E-state index is 0.0368. The second-order valence-corrected chi connectivity index (χ2v) is 9.08. The number of fused-ring (bicyclic) bond motifs is 5. The molecule has 0 aliphatic heterocycles. The van der Waals surface area contributed by atoms with Crippen molar-refractivity contribution in [3.05, 3.63) is 130 Å². The third-order valence-electron chi connectivity index (χ3n) is 7.23. The molecule has 5 aromatic rings. The van der Waals surface area contributed by atoms with E-state index in [9.17, 15) is 15.3 Å². The van der Waals surface area contributed by atoms with Crippen molar-refractivity contribution < 1.29 is 4.79 Å². The summed E-state index contributed by atoms with van der Waals surface area (Å²) in [5.74, 6) is -0.0368. The summed E-state index contributed by atoms with van der Waals surface area (Å²) in [4.78, 5) is 14.2. The molecule has 0 saturated heterocycles. The molecule has 0 unspecified atom stereocenters. The molecule has 0 aromatic heterocycles. The highest BCUT2D eigenvalue weighted by atomic mass is 16.1.